The van der Waals surface area contributed by atoms with Crippen LogP contribution in [0.4, 0.5) is 0 Å². The topological polar surface area (TPSA) is 95.2 Å². The van der Waals surface area contributed by atoms with E-state index >= 15 is 0 Å². The van der Waals surface area contributed by atoms with Crippen LogP contribution in [0.1, 0.15) is 40.5 Å². The summed E-state index contributed by atoms with van der Waals surface area (Å²) in [6.45, 7) is 1.73. The number of hydrogen-bond donors (Lipinski definition) is 3. The minimum Gasteiger partial charge on any atom is -0.508 e. The highest BCUT2D eigenvalue weighted by Crippen LogP contribution is 2.33. The Morgan fingerprint density at radius 2 is 2.19 bits per heavy atom. The molecule has 0 bridgehead atoms. The Balaban J connectivity index is 1.80. The third kappa shape index (κ3) is 2.75. The molecular weight excluding hydrogens is 268 g/mol. The van der Waals surface area contributed by atoms with Gasteiger partial charge >= 0.3 is 0 Å². The maximum Gasteiger partial charge on any atom is 0.252 e. The molecular formula is C15H18N4O2. The van der Waals surface area contributed by atoms with Gasteiger partial charge in [0.15, 0.2) is 0 Å². The highest BCUT2D eigenvalue weighted by Gasteiger charge is 2.30. The molecule has 0 aliphatic carbocycles. The van der Waals surface area contributed by atoms with Gasteiger partial charge in [0.1, 0.15) is 5.75 Å². The Hall–Kier alpha value is -2.34. The van der Waals surface area contributed by atoms with Crippen LogP contribution in [0.3, 0.4) is 0 Å². The van der Waals surface area contributed by atoms with Crippen molar-refractivity contribution in [3.8, 4) is 5.75 Å². The van der Waals surface area contributed by atoms with Gasteiger partial charge < -0.3 is 10.8 Å². The third-order valence-corrected chi connectivity index (χ3v) is 3.95. The van der Waals surface area contributed by atoms with Crippen LogP contribution in [0.15, 0.2) is 30.5 Å². The van der Waals surface area contributed by atoms with Crippen LogP contribution in [-0.2, 0) is 6.54 Å². The molecule has 3 rings (SSSR count). The normalized spacial score (nSPS) is 19.0. The number of carbonyl (C=O) groups excluding carboxylic acids is 1. The summed E-state index contributed by atoms with van der Waals surface area (Å²) in [4.78, 5) is 13.8. The fraction of sp³-hybridized carbons (Fsp3) is 0.333. The summed E-state index contributed by atoms with van der Waals surface area (Å²) in [5.41, 5.74) is 7.80. The SMILES string of the molecule is NC(=O)c1cn[nH]c1[C@H]1CCCN1Cc1ccc(O)cc1. The van der Waals surface area contributed by atoms with Gasteiger partial charge in [-0.05, 0) is 37.1 Å². The van der Waals surface area contributed by atoms with Crippen LogP contribution in [-0.4, -0.2) is 32.7 Å². The first-order chi connectivity index (χ1) is 10.1. The number of hydrogen-bond acceptors (Lipinski definition) is 4. The van der Waals surface area contributed by atoms with Crippen molar-refractivity contribution in [2.24, 2.45) is 5.73 Å². The molecule has 2 heterocycles. The van der Waals surface area contributed by atoms with E-state index in [9.17, 15) is 9.90 Å². The predicted molar refractivity (Wildman–Crippen MR) is 77.6 cm³/mol. The molecule has 6 nitrogen and oxygen atoms in total. The maximum absolute atomic E-state index is 11.5. The number of H-pyrrole nitrogens is 1. The molecule has 0 radical (unpaired) electrons. The molecule has 1 saturated heterocycles. The van der Waals surface area contributed by atoms with Gasteiger partial charge in [0.25, 0.3) is 5.91 Å². The highest BCUT2D eigenvalue weighted by atomic mass is 16.3. The lowest BCUT2D eigenvalue weighted by Crippen LogP contribution is -2.25. The number of likely N-dealkylation sites (tertiary alicyclic amines) is 1. The summed E-state index contributed by atoms with van der Waals surface area (Å²) < 4.78 is 0. The second kappa shape index (κ2) is 5.57. The lowest BCUT2D eigenvalue weighted by atomic mass is 10.1. The van der Waals surface area contributed by atoms with Crippen LogP contribution in [0, 0.1) is 0 Å². The van der Waals surface area contributed by atoms with Crippen molar-refractivity contribution in [1.29, 1.82) is 0 Å². The fourth-order valence-corrected chi connectivity index (χ4v) is 2.92. The summed E-state index contributed by atoms with van der Waals surface area (Å²) in [6.07, 6.45) is 3.54. The van der Waals surface area contributed by atoms with Crippen molar-refractivity contribution in [1.82, 2.24) is 15.1 Å². The Morgan fingerprint density at radius 1 is 1.43 bits per heavy atom. The van der Waals surface area contributed by atoms with Gasteiger partial charge in [-0.1, -0.05) is 12.1 Å². The van der Waals surface area contributed by atoms with Crippen LogP contribution >= 0.6 is 0 Å². The van der Waals surface area contributed by atoms with Crippen molar-refractivity contribution in [2.75, 3.05) is 6.54 Å². The molecule has 4 N–H and O–H groups in total. The Bertz CT molecular complexity index is 635. The number of aromatic amines is 1. The molecule has 1 amide bonds. The number of nitrogens with two attached hydrogens (primary N) is 1. The van der Waals surface area contributed by atoms with E-state index in [0.717, 1.165) is 37.2 Å². The maximum atomic E-state index is 11.5. The van der Waals surface area contributed by atoms with Gasteiger partial charge in [-0.25, -0.2) is 0 Å². The minimum absolute atomic E-state index is 0.129. The van der Waals surface area contributed by atoms with Crippen molar-refractivity contribution >= 4 is 5.91 Å². The van der Waals surface area contributed by atoms with E-state index in [0.29, 0.717) is 5.56 Å². The zero-order chi connectivity index (χ0) is 14.8. The van der Waals surface area contributed by atoms with Crippen molar-refractivity contribution < 1.29 is 9.90 Å². The van der Waals surface area contributed by atoms with E-state index in [4.69, 9.17) is 5.73 Å². The van der Waals surface area contributed by atoms with Crippen molar-refractivity contribution in [2.45, 2.75) is 25.4 Å². The smallest absolute Gasteiger partial charge is 0.252 e. The molecule has 0 spiro atoms. The van der Waals surface area contributed by atoms with Crippen LogP contribution in [0.25, 0.3) is 0 Å². The number of phenolic OH excluding ortho intramolecular Hbond substituents is 1. The number of amides is 1. The number of aromatic hydroxyl groups is 1. The van der Waals surface area contributed by atoms with E-state index < -0.39 is 5.91 Å². The highest BCUT2D eigenvalue weighted by molar-refractivity contribution is 5.93. The largest absolute Gasteiger partial charge is 0.508 e. The third-order valence-electron chi connectivity index (χ3n) is 3.95. The molecule has 110 valence electrons. The van der Waals surface area contributed by atoms with Gasteiger partial charge in [-0.2, -0.15) is 5.10 Å². The van der Waals surface area contributed by atoms with Gasteiger partial charge in [0.05, 0.1) is 23.5 Å². The van der Waals surface area contributed by atoms with Gasteiger partial charge in [-0.3, -0.25) is 14.8 Å². The molecule has 1 aromatic heterocycles. The second-order valence-electron chi connectivity index (χ2n) is 5.36. The Morgan fingerprint density at radius 3 is 2.90 bits per heavy atom. The van der Waals surface area contributed by atoms with Crippen LogP contribution in [0.5, 0.6) is 5.75 Å². The number of nitrogens with zero attached hydrogens (tertiary/aromatic N) is 2. The molecule has 21 heavy (non-hydrogen) atoms. The molecule has 1 aliphatic rings. The molecule has 0 unspecified atom stereocenters. The van der Waals surface area contributed by atoms with Gasteiger partial charge in [0, 0.05) is 6.54 Å². The number of aromatic nitrogens is 2. The summed E-state index contributed by atoms with van der Waals surface area (Å²) in [5.74, 6) is -0.184. The summed E-state index contributed by atoms with van der Waals surface area (Å²) >= 11 is 0. The van der Waals surface area contributed by atoms with E-state index in [1.54, 1.807) is 12.1 Å². The van der Waals surface area contributed by atoms with Gasteiger partial charge in [0.2, 0.25) is 0 Å². The average molecular weight is 286 g/mol. The van der Waals surface area contributed by atoms with E-state index in [2.05, 4.69) is 15.1 Å². The Labute approximate surface area is 122 Å². The first-order valence-corrected chi connectivity index (χ1v) is 7.00. The molecule has 6 heteroatoms. The standard InChI is InChI=1S/C15H18N4O2/c16-15(21)12-8-17-18-14(12)13-2-1-7-19(13)9-10-3-5-11(20)6-4-10/h3-6,8,13,20H,1-2,7,9H2,(H2,16,21)(H,17,18)/t13-/m1/s1. The molecule has 1 fully saturated rings. The summed E-state index contributed by atoms with van der Waals surface area (Å²) in [6, 6.07) is 7.32. The van der Waals surface area contributed by atoms with Crippen LogP contribution < -0.4 is 5.73 Å². The first kappa shape index (κ1) is 13.6. The zero-order valence-corrected chi connectivity index (χ0v) is 11.6. The zero-order valence-electron chi connectivity index (χ0n) is 11.6. The second-order valence-corrected chi connectivity index (χ2v) is 5.36. The number of phenols is 1. The number of benzene rings is 1. The molecule has 0 saturated carbocycles. The van der Waals surface area contributed by atoms with E-state index in [1.807, 2.05) is 12.1 Å². The average Bonchev–Trinajstić information content (AvgIpc) is 3.09. The lowest BCUT2D eigenvalue weighted by molar-refractivity contribution is 0.0997. The fourth-order valence-electron chi connectivity index (χ4n) is 2.92. The number of primary amides is 1. The predicted octanol–water partition coefficient (Wildman–Crippen LogP) is 1.55. The Kier molecular flexibility index (Phi) is 3.62. The van der Waals surface area contributed by atoms with E-state index in [1.165, 1.54) is 6.20 Å². The number of carbonyl (C=O) groups is 1. The monoisotopic (exact) mass is 286 g/mol. The lowest BCUT2D eigenvalue weighted by Gasteiger charge is -2.24. The summed E-state index contributed by atoms with van der Waals surface area (Å²) in [7, 11) is 0. The van der Waals surface area contributed by atoms with Crippen molar-refractivity contribution in [3.63, 3.8) is 0 Å². The quantitative estimate of drug-likeness (QED) is 0.794. The summed E-state index contributed by atoms with van der Waals surface area (Å²) in [5, 5.41) is 16.2. The first-order valence-electron chi connectivity index (χ1n) is 7.00. The molecule has 2 aromatic rings. The molecule has 1 aliphatic heterocycles. The van der Waals surface area contributed by atoms with Gasteiger partial charge in [-0.15, -0.1) is 0 Å². The number of nitrogens with one attached hydrogen (secondary N) is 1. The van der Waals surface area contributed by atoms with Crippen molar-refractivity contribution in [3.05, 3.63) is 47.3 Å². The van der Waals surface area contributed by atoms with Crippen LogP contribution in [0.2, 0.25) is 0 Å². The van der Waals surface area contributed by atoms with E-state index in [-0.39, 0.29) is 11.8 Å². The minimum atomic E-state index is -0.449. The molecule has 1 atom stereocenters. The number of rotatable bonds is 4. The molecule has 1 aromatic carbocycles.